The van der Waals surface area contributed by atoms with E-state index in [4.69, 9.17) is 34.8 Å². The molecule has 1 aliphatic rings. The predicted molar refractivity (Wildman–Crippen MR) is 37.5 cm³/mol. The molecular weight excluding hydrogens is 166 g/mol. The summed E-state index contributed by atoms with van der Waals surface area (Å²) in [5.74, 6) is 0. The van der Waals surface area contributed by atoms with Crippen molar-refractivity contribution in [1.29, 1.82) is 0 Å². The summed E-state index contributed by atoms with van der Waals surface area (Å²) in [5.41, 5.74) is 0. The van der Waals surface area contributed by atoms with Crippen molar-refractivity contribution in [3.05, 3.63) is 23.3 Å². The molecule has 0 atom stereocenters. The van der Waals surface area contributed by atoms with Gasteiger partial charge in [0.2, 0.25) is 0 Å². The Kier molecular flexibility index (Phi) is 1.57. The van der Waals surface area contributed by atoms with Gasteiger partial charge in [0.25, 0.3) is 0 Å². The SMILES string of the molecule is ClC1=CC=CC1(Cl)Cl. The molecule has 0 aliphatic heterocycles. The molecule has 1 rings (SSSR count). The monoisotopic (exact) mass is 168 g/mol. The second-order valence-corrected chi connectivity index (χ2v) is 3.29. The van der Waals surface area contributed by atoms with Gasteiger partial charge in [0.1, 0.15) is 0 Å². The van der Waals surface area contributed by atoms with Crippen LogP contribution in [0.1, 0.15) is 0 Å². The Morgan fingerprint density at radius 1 is 1.38 bits per heavy atom. The van der Waals surface area contributed by atoms with Gasteiger partial charge in [-0.25, -0.2) is 0 Å². The lowest BCUT2D eigenvalue weighted by molar-refractivity contribution is 1.28. The highest BCUT2D eigenvalue weighted by molar-refractivity contribution is 6.57. The average Bonchev–Trinajstić information content (AvgIpc) is 1.86. The van der Waals surface area contributed by atoms with Crippen LogP contribution in [0.5, 0.6) is 0 Å². The topological polar surface area (TPSA) is 0 Å². The van der Waals surface area contributed by atoms with Gasteiger partial charge in [0, 0.05) is 0 Å². The van der Waals surface area contributed by atoms with Gasteiger partial charge in [-0.2, -0.15) is 0 Å². The molecule has 0 nitrogen and oxygen atoms in total. The second kappa shape index (κ2) is 1.94. The van der Waals surface area contributed by atoms with Gasteiger partial charge in [-0.3, -0.25) is 0 Å². The summed E-state index contributed by atoms with van der Waals surface area (Å²) in [4.78, 5) is 0. The predicted octanol–water partition coefficient (Wildman–Crippen LogP) is 2.85. The van der Waals surface area contributed by atoms with Crippen LogP contribution in [0.15, 0.2) is 23.3 Å². The van der Waals surface area contributed by atoms with Crippen molar-refractivity contribution in [2.24, 2.45) is 0 Å². The summed E-state index contributed by atoms with van der Waals surface area (Å²) in [7, 11) is 0. The molecule has 0 unspecified atom stereocenters. The Hall–Kier alpha value is 0.350. The fraction of sp³-hybridized carbons (Fsp3) is 0.200. The van der Waals surface area contributed by atoms with Gasteiger partial charge in [-0.15, -0.1) is 0 Å². The molecule has 0 amide bonds. The molecule has 0 aromatic carbocycles. The van der Waals surface area contributed by atoms with E-state index in [-0.39, 0.29) is 0 Å². The molecule has 8 heavy (non-hydrogen) atoms. The van der Waals surface area contributed by atoms with E-state index in [1.165, 1.54) is 0 Å². The maximum atomic E-state index is 5.60. The molecule has 0 fully saturated rings. The van der Waals surface area contributed by atoms with Crippen LogP contribution in [0, 0.1) is 0 Å². The summed E-state index contributed by atoms with van der Waals surface area (Å²) in [5, 5.41) is 0.459. The molecule has 44 valence electrons. The van der Waals surface area contributed by atoms with Gasteiger partial charge in [0.05, 0.1) is 5.03 Å². The third-order valence-electron chi connectivity index (χ3n) is 0.867. The van der Waals surface area contributed by atoms with Crippen molar-refractivity contribution in [3.8, 4) is 0 Å². The van der Waals surface area contributed by atoms with Gasteiger partial charge in [-0.1, -0.05) is 40.9 Å². The number of alkyl halides is 2. The largest absolute Gasteiger partial charge is 0.171 e. The first-order valence-electron chi connectivity index (χ1n) is 2.06. The molecule has 0 saturated heterocycles. The van der Waals surface area contributed by atoms with Crippen LogP contribution >= 0.6 is 34.8 Å². The van der Waals surface area contributed by atoms with Crippen LogP contribution in [0.4, 0.5) is 0 Å². The normalized spacial score (nSPS) is 23.6. The van der Waals surface area contributed by atoms with Crippen LogP contribution in [-0.2, 0) is 0 Å². The molecule has 0 radical (unpaired) electrons. The number of rotatable bonds is 0. The Morgan fingerprint density at radius 2 is 2.00 bits per heavy atom. The zero-order valence-corrected chi connectivity index (χ0v) is 6.13. The van der Waals surface area contributed by atoms with Crippen molar-refractivity contribution in [1.82, 2.24) is 0 Å². The van der Waals surface area contributed by atoms with E-state index >= 15 is 0 Å². The van der Waals surface area contributed by atoms with E-state index in [0.717, 1.165) is 0 Å². The Labute approximate surface area is 62.7 Å². The molecule has 0 spiro atoms. The lowest BCUT2D eigenvalue weighted by Crippen LogP contribution is -2.03. The third-order valence-corrected chi connectivity index (χ3v) is 2.14. The molecule has 0 heterocycles. The van der Waals surface area contributed by atoms with Gasteiger partial charge >= 0.3 is 0 Å². The van der Waals surface area contributed by atoms with Crippen molar-refractivity contribution < 1.29 is 0 Å². The van der Waals surface area contributed by atoms with E-state index in [1.54, 1.807) is 18.2 Å². The molecule has 1 aliphatic carbocycles. The van der Waals surface area contributed by atoms with Crippen LogP contribution in [0.2, 0.25) is 0 Å². The summed E-state index contributed by atoms with van der Waals surface area (Å²) in [6.07, 6.45) is 5.02. The molecule has 3 heteroatoms. The zero-order valence-electron chi connectivity index (χ0n) is 3.87. The maximum Gasteiger partial charge on any atom is 0.171 e. The maximum absolute atomic E-state index is 5.60. The molecule has 0 N–H and O–H groups in total. The van der Waals surface area contributed by atoms with Gasteiger partial charge < -0.3 is 0 Å². The lowest BCUT2D eigenvalue weighted by Gasteiger charge is -2.07. The van der Waals surface area contributed by atoms with Crippen LogP contribution in [-0.4, -0.2) is 4.33 Å². The third kappa shape index (κ3) is 1.02. The van der Waals surface area contributed by atoms with Crippen molar-refractivity contribution in [2.75, 3.05) is 0 Å². The van der Waals surface area contributed by atoms with Crippen molar-refractivity contribution >= 4 is 34.8 Å². The number of halogens is 3. The number of hydrogen-bond acceptors (Lipinski definition) is 0. The van der Waals surface area contributed by atoms with Gasteiger partial charge in [-0.05, 0) is 12.2 Å². The smallest absolute Gasteiger partial charge is 0.0906 e. The minimum absolute atomic E-state index is 0.459. The number of hydrogen-bond donors (Lipinski definition) is 0. The first-order chi connectivity index (χ1) is 3.63. The van der Waals surface area contributed by atoms with Crippen LogP contribution in [0.25, 0.3) is 0 Å². The van der Waals surface area contributed by atoms with E-state index in [9.17, 15) is 0 Å². The van der Waals surface area contributed by atoms with E-state index in [2.05, 4.69) is 0 Å². The summed E-state index contributed by atoms with van der Waals surface area (Å²) in [6, 6.07) is 0. The molecule has 0 aromatic rings. The highest BCUT2D eigenvalue weighted by Gasteiger charge is 2.26. The fourth-order valence-corrected chi connectivity index (χ4v) is 0.851. The minimum Gasteiger partial charge on any atom is -0.0906 e. The summed E-state index contributed by atoms with van der Waals surface area (Å²) >= 11 is 16.7. The first kappa shape index (κ1) is 6.47. The highest BCUT2D eigenvalue weighted by Crippen LogP contribution is 2.37. The highest BCUT2D eigenvalue weighted by atomic mass is 35.5. The standard InChI is InChI=1S/C5H3Cl3/c6-4-2-1-3-5(4,7)8/h1-3H. The van der Waals surface area contributed by atoms with E-state index in [1.807, 2.05) is 0 Å². The number of allylic oxidation sites excluding steroid dienone is 4. The fourth-order valence-electron chi connectivity index (χ4n) is 0.444. The first-order valence-corrected chi connectivity index (χ1v) is 3.19. The summed E-state index contributed by atoms with van der Waals surface area (Å²) in [6.45, 7) is 0. The minimum atomic E-state index is -0.957. The molecule has 0 aromatic heterocycles. The molecule has 0 saturated carbocycles. The Morgan fingerprint density at radius 3 is 2.12 bits per heavy atom. The van der Waals surface area contributed by atoms with Crippen LogP contribution < -0.4 is 0 Å². The Balaban J connectivity index is 2.87. The van der Waals surface area contributed by atoms with Gasteiger partial charge in [0.15, 0.2) is 4.33 Å². The average molecular weight is 169 g/mol. The van der Waals surface area contributed by atoms with Crippen molar-refractivity contribution in [3.63, 3.8) is 0 Å². The molecular formula is C5H3Cl3. The summed E-state index contributed by atoms with van der Waals surface area (Å²) < 4.78 is -0.957. The van der Waals surface area contributed by atoms with Crippen molar-refractivity contribution in [2.45, 2.75) is 4.33 Å². The quantitative estimate of drug-likeness (QED) is 0.489. The van der Waals surface area contributed by atoms with Crippen LogP contribution in [0.3, 0.4) is 0 Å². The lowest BCUT2D eigenvalue weighted by atomic mass is 10.4. The zero-order chi connectivity index (χ0) is 6.20. The second-order valence-electron chi connectivity index (χ2n) is 1.50. The molecule has 0 bridgehead atoms. The van der Waals surface area contributed by atoms with E-state index < -0.39 is 4.33 Å². The Bertz CT molecular complexity index is 155. The van der Waals surface area contributed by atoms with E-state index in [0.29, 0.717) is 5.03 Å².